The summed E-state index contributed by atoms with van der Waals surface area (Å²) in [4.78, 5) is 16.5. The summed E-state index contributed by atoms with van der Waals surface area (Å²) in [6.07, 6.45) is 1.11. The van der Waals surface area contributed by atoms with Crippen LogP contribution in [0.3, 0.4) is 0 Å². The Labute approximate surface area is 167 Å². The molecule has 0 saturated carbocycles. The van der Waals surface area contributed by atoms with Crippen LogP contribution in [0, 0.1) is 0 Å². The van der Waals surface area contributed by atoms with Crippen LogP contribution >= 0.6 is 0 Å². The molecule has 1 fully saturated rings. The quantitative estimate of drug-likeness (QED) is 0.532. The lowest BCUT2D eigenvalue weighted by Crippen LogP contribution is -2.36. The molecule has 0 bridgehead atoms. The first-order valence-electron chi connectivity index (χ1n) is 9.69. The Balaban J connectivity index is 1.24. The van der Waals surface area contributed by atoms with Gasteiger partial charge in [0.2, 0.25) is 5.91 Å². The van der Waals surface area contributed by atoms with Crippen molar-refractivity contribution in [2.75, 3.05) is 33.4 Å². The van der Waals surface area contributed by atoms with Gasteiger partial charge in [-0.3, -0.25) is 9.69 Å². The average molecular weight is 400 g/mol. The number of benzene rings is 1. The van der Waals surface area contributed by atoms with E-state index in [2.05, 4.69) is 30.7 Å². The number of aryl methyl sites for hydroxylation is 1. The van der Waals surface area contributed by atoms with E-state index in [1.807, 2.05) is 18.2 Å². The first-order valence-corrected chi connectivity index (χ1v) is 9.69. The number of amides is 1. The van der Waals surface area contributed by atoms with Crippen molar-refractivity contribution in [2.45, 2.75) is 32.5 Å². The summed E-state index contributed by atoms with van der Waals surface area (Å²) in [7, 11) is 1.80. The molecule has 3 aromatic rings. The van der Waals surface area contributed by atoms with Gasteiger partial charge >= 0.3 is 0 Å². The lowest BCUT2D eigenvalue weighted by molar-refractivity contribution is -0.130. The zero-order chi connectivity index (χ0) is 20.1. The molecule has 11 nitrogen and oxygen atoms in total. The topological polar surface area (TPSA) is 115 Å². The van der Waals surface area contributed by atoms with Crippen LogP contribution in [0.4, 0.5) is 0 Å². The van der Waals surface area contributed by atoms with Gasteiger partial charge in [0.1, 0.15) is 11.0 Å². The van der Waals surface area contributed by atoms with Crippen molar-refractivity contribution in [3.63, 3.8) is 0 Å². The third-order valence-electron chi connectivity index (χ3n) is 5.00. The second-order valence-corrected chi connectivity index (χ2v) is 7.15. The van der Waals surface area contributed by atoms with Crippen molar-refractivity contribution < 1.29 is 14.2 Å². The van der Waals surface area contributed by atoms with E-state index in [4.69, 9.17) is 9.37 Å². The molecule has 2 aromatic heterocycles. The zero-order valence-electron chi connectivity index (χ0n) is 16.4. The number of hydrogen-bond acceptors (Lipinski definition) is 9. The Kier molecular flexibility index (Phi) is 6.06. The van der Waals surface area contributed by atoms with Gasteiger partial charge in [0, 0.05) is 39.6 Å². The maximum Gasteiger partial charge on any atom is 0.222 e. The Morgan fingerprint density at radius 3 is 2.90 bits per heavy atom. The maximum absolute atomic E-state index is 12.5. The van der Waals surface area contributed by atoms with Crippen molar-refractivity contribution in [3.05, 3.63) is 29.6 Å². The lowest BCUT2D eigenvalue weighted by atomic mass is 10.2. The second kappa shape index (κ2) is 9.05. The molecule has 154 valence electrons. The van der Waals surface area contributed by atoms with Gasteiger partial charge in [0.15, 0.2) is 5.82 Å². The number of ether oxygens (including phenoxy) is 1. The van der Waals surface area contributed by atoms with Gasteiger partial charge in [0.25, 0.3) is 0 Å². The van der Waals surface area contributed by atoms with Crippen LogP contribution in [-0.2, 0) is 29.2 Å². The van der Waals surface area contributed by atoms with Gasteiger partial charge in [-0.2, -0.15) is 0 Å². The Morgan fingerprint density at radius 1 is 1.21 bits per heavy atom. The third kappa shape index (κ3) is 4.93. The van der Waals surface area contributed by atoms with Gasteiger partial charge in [-0.25, -0.2) is 9.31 Å². The van der Waals surface area contributed by atoms with Gasteiger partial charge in [-0.05, 0) is 44.9 Å². The van der Waals surface area contributed by atoms with Gasteiger partial charge in [-0.15, -0.1) is 5.10 Å². The molecule has 0 spiro atoms. The molecule has 29 heavy (non-hydrogen) atoms. The number of fused-ring (bicyclic) bond motifs is 1. The van der Waals surface area contributed by atoms with E-state index >= 15 is 0 Å². The van der Waals surface area contributed by atoms with E-state index in [0.717, 1.165) is 37.7 Å². The van der Waals surface area contributed by atoms with E-state index in [-0.39, 0.29) is 5.91 Å². The minimum absolute atomic E-state index is 0.0752. The van der Waals surface area contributed by atoms with E-state index in [0.29, 0.717) is 43.5 Å². The van der Waals surface area contributed by atoms with Crippen LogP contribution in [0.15, 0.2) is 22.8 Å². The highest BCUT2D eigenvalue weighted by molar-refractivity contribution is 5.76. The highest BCUT2D eigenvalue weighted by Gasteiger charge is 2.16. The third-order valence-corrected chi connectivity index (χ3v) is 5.00. The maximum atomic E-state index is 12.5. The largest absolute Gasteiger partial charge is 0.379 e. The number of carbonyl (C=O) groups is 1. The number of carbonyl (C=O) groups excluding carboxylic acids is 1. The number of nitrogens with zero attached hydrogens (tertiary/aromatic N) is 8. The minimum atomic E-state index is 0.0752. The Hall–Kier alpha value is -2.92. The van der Waals surface area contributed by atoms with Crippen molar-refractivity contribution >= 4 is 16.9 Å². The summed E-state index contributed by atoms with van der Waals surface area (Å²) < 4.78 is 11.9. The highest BCUT2D eigenvalue weighted by Crippen LogP contribution is 2.14. The molecule has 1 amide bonds. The molecular formula is C18H24N8O3. The van der Waals surface area contributed by atoms with Crippen molar-refractivity contribution in [1.29, 1.82) is 0 Å². The standard InChI is InChI=1S/C18H24N8O3/c1-24(12-14-4-5-15-16(11-14)21-29-20-15)18(27)3-2-6-26-17(19-22-23-26)13-25-7-9-28-10-8-25/h4-5,11H,2-3,6-10,12-13H2,1H3. The van der Waals surface area contributed by atoms with Crippen LogP contribution in [0.25, 0.3) is 11.0 Å². The van der Waals surface area contributed by atoms with Gasteiger partial charge in [-0.1, -0.05) is 6.07 Å². The molecule has 0 N–H and O–H groups in total. The Morgan fingerprint density at radius 2 is 2.03 bits per heavy atom. The first-order chi connectivity index (χ1) is 14.2. The first kappa shape index (κ1) is 19.4. The van der Waals surface area contributed by atoms with Crippen molar-refractivity contribution in [1.82, 2.24) is 40.3 Å². The normalized spacial score (nSPS) is 15.1. The van der Waals surface area contributed by atoms with Crippen LogP contribution in [0.1, 0.15) is 24.2 Å². The molecule has 0 atom stereocenters. The van der Waals surface area contributed by atoms with Crippen LogP contribution < -0.4 is 0 Å². The summed E-state index contributed by atoms with van der Waals surface area (Å²) in [5.74, 6) is 0.897. The van der Waals surface area contributed by atoms with Crippen molar-refractivity contribution in [2.24, 2.45) is 0 Å². The average Bonchev–Trinajstić information content (AvgIpc) is 3.37. The molecule has 0 radical (unpaired) electrons. The predicted molar refractivity (Wildman–Crippen MR) is 101 cm³/mol. The van der Waals surface area contributed by atoms with Gasteiger partial charge < -0.3 is 9.64 Å². The monoisotopic (exact) mass is 400 g/mol. The highest BCUT2D eigenvalue weighted by atomic mass is 16.6. The van der Waals surface area contributed by atoms with Crippen LogP contribution in [0.5, 0.6) is 0 Å². The summed E-state index contributed by atoms with van der Waals surface area (Å²) >= 11 is 0. The summed E-state index contributed by atoms with van der Waals surface area (Å²) in [5.41, 5.74) is 2.38. The smallest absolute Gasteiger partial charge is 0.222 e. The summed E-state index contributed by atoms with van der Waals surface area (Å²) in [6.45, 7) is 5.06. The molecule has 4 rings (SSSR count). The molecule has 0 aliphatic carbocycles. The molecular weight excluding hydrogens is 376 g/mol. The number of rotatable bonds is 8. The number of hydrogen-bond donors (Lipinski definition) is 0. The fourth-order valence-corrected chi connectivity index (χ4v) is 3.33. The van der Waals surface area contributed by atoms with E-state index in [1.165, 1.54) is 0 Å². The summed E-state index contributed by atoms with van der Waals surface area (Å²) in [5, 5.41) is 19.6. The molecule has 1 aliphatic heterocycles. The molecule has 1 saturated heterocycles. The molecule has 1 aromatic carbocycles. The van der Waals surface area contributed by atoms with E-state index < -0.39 is 0 Å². The molecule has 0 unspecified atom stereocenters. The SMILES string of the molecule is CN(Cc1ccc2nonc2c1)C(=O)CCCn1nnnc1CN1CCOCC1. The lowest BCUT2D eigenvalue weighted by Gasteiger charge is -2.25. The fourth-order valence-electron chi connectivity index (χ4n) is 3.33. The number of morpholine rings is 1. The molecule has 3 heterocycles. The summed E-state index contributed by atoms with van der Waals surface area (Å²) in [6, 6.07) is 5.65. The zero-order valence-corrected chi connectivity index (χ0v) is 16.4. The fraction of sp³-hybridized carbons (Fsp3) is 0.556. The number of aromatic nitrogens is 6. The minimum Gasteiger partial charge on any atom is -0.379 e. The van der Waals surface area contributed by atoms with E-state index in [1.54, 1.807) is 16.6 Å². The van der Waals surface area contributed by atoms with Crippen LogP contribution in [0.2, 0.25) is 0 Å². The molecule has 11 heteroatoms. The van der Waals surface area contributed by atoms with E-state index in [9.17, 15) is 4.79 Å². The van der Waals surface area contributed by atoms with Crippen molar-refractivity contribution in [3.8, 4) is 0 Å². The second-order valence-electron chi connectivity index (χ2n) is 7.15. The van der Waals surface area contributed by atoms with Crippen LogP contribution in [-0.4, -0.2) is 79.6 Å². The predicted octanol–water partition coefficient (Wildman–Crippen LogP) is 0.480. The number of tetrazole rings is 1. The molecule has 1 aliphatic rings. The Bertz CT molecular complexity index is 949. The van der Waals surface area contributed by atoms with Gasteiger partial charge in [0.05, 0.1) is 19.8 Å².